The maximum Gasteiger partial charge on any atom is 0.227 e. The van der Waals surface area contributed by atoms with E-state index in [1.54, 1.807) is 7.11 Å². The van der Waals surface area contributed by atoms with Gasteiger partial charge in [0.15, 0.2) is 0 Å². The first-order chi connectivity index (χ1) is 13.7. The minimum Gasteiger partial charge on any atom is -0.497 e. The van der Waals surface area contributed by atoms with Gasteiger partial charge in [-0.1, -0.05) is 37.3 Å². The van der Waals surface area contributed by atoms with Gasteiger partial charge < -0.3 is 14.5 Å². The number of ether oxygens (including phenoxy) is 1. The number of methoxy groups -OCH3 is 1. The van der Waals surface area contributed by atoms with Crippen LogP contribution in [0.3, 0.4) is 0 Å². The molecule has 2 aromatic rings. The van der Waals surface area contributed by atoms with Gasteiger partial charge in [-0.15, -0.1) is 0 Å². The molecule has 28 heavy (non-hydrogen) atoms. The van der Waals surface area contributed by atoms with Crippen molar-refractivity contribution in [2.75, 3.05) is 31.6 Å². The number of benzene rings is 2. The molecule has 0 bridgehead atoms. The Morgan fingerprint density at radius 3 is 2.36 bits per heavy atom. The van der Waals surface area contributed by atoms with E-state index in [-0.39, 0.29) is 11.9 Å². The molecule has 1 aliphatic heterocycles. The first kappa shape index (κ1) is 20.4. The van der Waals surface area contributed by atoms with E-state index in [2.05, 4.69) is 42.2 Å². The maximum absolute atomic E-state index is 12.9. The Morgan fingerprint density at radius 1 is 1.07 bits per heavy atom. The Hall–Kier alpha value is -2.33. The SMILES string of the molecule is CCCC(=O)N(c1ccc(OC)cc1)C1CCN(CCc2ccccc2)CC1. The molecule has 1 fully saturated rings. The Bertz CT molecular complexity index is 722. The highest BCUT2D eigenvalue weighted by Gasteiger charge is 2.28. The molecule has 0 unspecified atom stereocenters. The molecule has 0 aliphatic carbocycles. The van der Waals surface area contributed by atoms with Crippen molar-refractivity contribution in [2.24, 2.45) is 0 Å². The third-order valence-corrected chi connectivity index (χ3v) is 5.56. The smallest absolute Gasteiger partial charge is 0.227 e. The summed E-state index contributed by atoms with van der Waals surface area (Å²) in [5.74, 6) is 1.05. The molecule has 2 aromatic carbocycles. The van der Waals surface area contributed by atoms with E-state index in [1.807, 2.05) is 29.2 Å². The van der Waals surface area contributed by atoms with Crippen LogP contribution in [0.15, 0.2) is 54.6 Å². The number of piperidine rings is 1. The molecule has 4 nitrogen and oxygen atoms in total. The van der Waals surface area contributed by atoms with E-state index in [1.165, 1.54) is 5.56 Å². The quantitative estimate of drug-likeness (QED) is 0.674. The van der Waals surface area contributed by atoms with Crippen LogP contribution in [0, 0.1) is 0 Å². The molecule has 4 heteroatoms. The summed E-state index contributed by atoms with van der Waals surface area (Å²) >= 11 is 0. The number of anilines is 1. The molecule has 1 amide bonds. The van der Waals surface area contributed by atoms with Gasteiger partial charge in [0.1, 0.15) is 5.75 Å². The van der Waals surface area contributed by atoms with Gasteiger partial charge in [-0.3, -0.25) is 4.79 Å². The van der Waals surface area contributed by atoms with Crippen LogP contribution in [0.1, 0.15) is 38.2 Å². The number of carbonyl (C=O) groups excluding carboxylic acids is 1. The highest BCUT2D eigenvalue weighted by atomic mass is 16.5. The molecule has 3 rings (SSSR count). The molecule has 150 valence electrons. The number of hydrogen-bond donors (Lipinski definition) is 0. The Kier molecular flexibility index (Phi) is 7.49. The van der Waals surface area contributed by atoms with E-state index >= 15 is 0 Å². The van der Waals surface area contributed by atoms with Crippen LogP contribution in [0.5, 0.6) is 5.75 Å². The third kappa shape index (κ3) is 5.35. The van der Waals surface area contributed by atoms with Crippen LogP contribution in [0.4, 0.5) is 5.69 Å². The first-order valence-corrected chi connectivity index (χ1v) is 10.4. The number of hydrogen-bond acceptors (Lipinski definition) is 3. The molecule has 0 saturated carbocycles. The summed E-state index contributed by atoms with van der Waals surface area (Å²) in [5, 5.41) is 0. The van der Waals surface area contributed by atoms with Crippen LogP contribution in [0.2, 0.25) is 0 Å². The second kappa shape index (κ2) is 10.3. The van der Waals surface area contributed by atoms with Crippen molar-refractivity contribution in [3.63, 3.8) is 0 Å². The van der Waals surface area contributed by atoms with Crippen LogP contribution in [-0.2, 0) is 11.2 Å². The van der Waals surface area contributed by atoms with E-state index in [9.17, 15) is 4.79 Å². The normalized spacial score (nSPS) is 15.4. The van der Waals surface area contributed by atoms with Crippen molar-refractivity contribution < 1.29 is 9.53 Å². The molecule has 1 saturated heterocycles. The summed E-state index contributed by atoms with van der Waals surface area (Å²) in [6, 6.07) is 18.8. The van der Waals surface area contributed by atoms with E-state index in [4.69, 9.17) is 4.74 Å². The van der Waals surface area contributed by atoms with E-state index in [0.717, 1.165) is 56.8 Å². The summed E-state index contributed by atoms with van der Waals surface area (Å²) in [4.78, 5) is 17.4. The second-order valence-electron chi connectivity index (χ2n) is 7.52. The molecule has 0 N–H and O–H groups in total. The average molecular weight is 381 g/mol. The van der Waals surface area contributed by atoms with Gasteiger partial charge in [-0.2, -0.15) is 0 Å². The van der Waals surface area contributed by atoms with Crippen molar-refractivity contribution in [1.29, 1.82) is 0 Å². The monoisotopic (exact) mass is 380 g/mol. The van der Waals surface area contributed by atoms with Crippen LogP contribution in [0.25, 0.3) is 0 Å². The molecule has 0 atom stereocenters. The lowest BCUT2D eigenvalue weighted by molar-refractivity contribution is -0.119. The lowest BCUT2D eigenvalue weighted by Crippen LogP contribution is -2.48. The van der Waals surface area contributed by atoms with Crippen molar-refractivity contribution in [1.82, 2.24) is 4.90 Å². The molecule has 1 heterocycles. The fourth-order valence-corrected chi connectivity index (χ4v) is 3.97. The first-order valence-electron chi connectivity index (χ1n) is 10.4. The fourth-order valence-electron chi connectivity index (χ4n) is 3.97. The third-order valence-electron chi connectivity index (χ3n) is 5.56. The van der Waals surface area contributed by atoms with Gasteiger partial charge in [0.05, 0.1) is 7.11 Å². The zero-order valence-electron chi connectivity index (χ0n) is 17.1. The minimum absolute atomic E-state index is 0.232. The standard InChI is InChI=1S/C24H32N2O2/c1-3-7-24(27)26(21-10-12-23(28-2)13-11-21)22-15-18-25(19-16-22)17-14-20-8-5-4-6-9-20/h4-6,8-13,22H,3,7,14-19H2,1-2H3. The van der Waals surface area contributed by atoms with Crippen molar-refractivity contribution >= 4 is 11.6 Å². The highest BCUT2D eigenvalue weighted by molar-refractivity contribution is 5.94. The predicted octanol–water partition coefficient (Wildman–Crippen LogP) is 4.54. The molecule has 0 aromatic heterocycles. The Labute approximate surface area is 169 Å². The predicted molar refractivity (Wildman–Crippen MR) is 115 cm³/mol. The Balaban J connectivity index is 1.61. The van der Waals surface area contributed by atoms with E-state index in [0.29, 0.717) is 6.42 Å². The molecule has 1 aliphatic rings. The van der Waals surface area contributed by atoms with Gasteiger partial charge >= 0.3 is 0 Å². The van der Waals surface area contributed by atoms with Gasteiger partial charge in [-0.05, 0) is 55.5 Å². The number of nitrogens with zero attached hydrogens (tertiary/aromatic N) is 2. The summed E-state index contributed by atoms with van der Waals surface area (Å²) in [6.45, 7) is 5.24. The van der Waals surface area contributed by atoms with Gasteiger partial charge in [0, 0.05) is 37.8 Å². The van der Waals surface area contributed by atoms with Gasteiger partial charge in [0.2, 0.25) is 5.91 Å². The topological polar surface area (TPSA) is 32.8 Å². The summed E-state index contributed by atoms with van der Waals surface area (Å²) in [6.07, 6.45) is 4.61. The summed E-state index contributed by atoms with van der Waals surface area (Å²) in [5.41, 5.74) is 2.38. The lowest BCUT2D eigenvalue weighted by atomic mass is 10.0. The fraction of sp³-hybridized carbons (Fsp3) is 0.458. The summed E-state index contributed by atoms with van der Waals surface area (Å²) < 4.78 is 5.27. The molecule has 0 spiro atoms. The van der Waals surface area contributed by atoms with Crippen LogP contribution >= 0.6 is 0 Å². The Morgan fingerprint density at radius 2 is 1.75 bits per heavy atom. The van der Waals surface area contributed by atoms with Crippen LogP contribution < -0.4 is 9.64 Å². The second-order valence-corrected chi connectivity index (χ2v) is 7.52. The largest absolute Gasteiger partial charge is 0.497 e. The molecular formula is C24H32N2O2. The average Bonchev–Trinajstić information content (AvgIpc) is 2.75. The molecular weight excluding hydrogens is 348 g/mol. The van der Waals surface area contributed by atoms with E-state index < -0.39 is 0 Å². The number of rotatable bonds is 8. The zero-order chi connectivity index (χ0) is 19.8. The zero-order valence-corrected chi connectivity index (χ0v) is 17.1. The maximum atomic E-state index is 12.9. The number of likely N-dealkylation sites (tertiary alicyclic amines) is 1. The van der Waals surface area contributed by atoms with Crippen molar-refractivity contribution in [3.8, 4) is 5.75 Å². The van der Waals surface area contributed by atoms with Gasteiger partial charge in [0.25, 0.3) is 0 Å². The van der Waals surface area contributed by atoms with Crippen molar-refractivity contribution in [2.45, 2.75) is 45.1 Å². The van der Waals surface area contributed by atoms with Crippen molar-refractivity contribution in [3.05, 3.63) is 60.2 Å². The molecule has 0 radical (unpaired) electrons. The number of carbonyl (C=O) groups is 1. The summed E-state index contributed by atoms with van der Waals surface area (Å²) in [7, 11) is 1.67. The van der Waals surface area contributed by atoms with Gasteiger partial charge in [-0.25, -0.2) is 0 Å². The highest BCUT2D eigenvalue weighted by Crippen LogP contribution is 2.27. The minimum atomic E-state index is 0.232. The van der Waals surface area contributed by atoms with Crippen LogP contribution in [-0.4, -0.2) is 43.6 Å². The number of amides is 1. The lowest BCUT2D eigenvalue weighted by Gasteiger charge is -2.38.